The number of hydrogen-bond donors (Lipinski definition) is 0. The molecular weight excluding hydrogens is 857 g/mol. The zero-order chi connectivity index (χ0) is 49.8. The Bertz CT molecular complexity index is 3310. The molecule has 2 aliphatic rings. The van der Waals surface area contributed by atoms with Gasteiger partial charge in [0.25, 0.3) is 0 Å². The summed E-state index contributed by atoms with van der Waals surface area (Å²) < 4.78 is 0. The van der Waals surface area contributed by atoms with Crippen LogP contribution >= 0.6 is 0 Å². The van der Waals surface area contributed by atoms with E-state index in [1.165, 1.54) is 77.5 Å². The molecule has 9 aromatic carbocycles. The van der Waals surface area contributed by atoms with Crippen molar-refractivity contribution in [1.29, 1.82) is 0 Å². The van der Waals surface area contributed by atoms with Crippen molar-refractivity contribution < 1.29 is 0 Å². The summed E-state index contributed by atoms with van der Waals surface area (Å²) in [6, 6.07) is 74.5. The van der Waals surface area contributed by atoms with Gasteiger partial charge < -0.3 is 9.80 Å². The van der Waals surface area contributed by atoms with Crippen LogP contribution in [0.15, 0.2) is 194 Å². The Hall–Kier alpha value is -7.16. The van der Waals surface area contributed by atoms with Crippen LogP contribution in [0.1, 0.15) is 128 Å². The van der Waals surface area contributed by atoms with E-state index >= 15 is 0 Å². The average Bonchev–Trinajstić information content (AvgIpc) is 3.79. The number of nitrogens with zero attached hydrogens (tertiary/aromatic N) is 2. The molecule has 0 amide bonds. The summed E-state index contributed by atoms with van der Waals surface area (Å²) in [5.41, 5.74) is 22.3. The van der Waals surface area contributed by atoms with Gasteiger partial charge in [-0.15, -0.1) is 0 Å². The second kappa shape index (κ2) is 16.5. The molecule has 0 N–H and O–H groups in total. The molecule has 0 aliphatic heterocycles. The maximum atomic E-state index is 2.53. The van der Waals surface area contributed by atoms with E-state index in [1.807, 2.05) is 0 Å². The summed E-state index contributed by atoms with van der Waals surface area (Å²) in [6.45, 7) is 27.4. The molecule has 0 atom stereocenters. The topological polar surface area (TPSA) is 6.48 Å². The first-order valence-corrected chi connectivity index (χ1v) is 25.7. The molecule has 0 unspecified atom stereocenters. The minimum absolute atomic E-state index is 0.0463. The molecule has 0 aromatic heterocycles. The van der Waals surface area contributed by atoms with Crippen molar-refractivity contribution in [2.75, 3.05) is 9.80 Å². The predicted molar refractivity (Wildman–Crippen MR) is 304 cm³/mol. The van der Waals surface area contributed by atoms with Crippen LogP contribution in [0.2, 0.25) is 0 Å². The second-order valence-corrected chi connectivity index (χ2v) is 24.4. The fourth-order valence-corrected chi connectivity index (χ4v) is 11.5. The quantitative estimate of drug-likeness (QED) is 0.164. The number of rotatable bonds is 6. The van der Waals surface area contributed by atoms with Gasteiger partial charge in [-0.2, -0.15) is 0 Å². The fourth-order valence-electron chi connectivity index (χ4n) is 11.5. The smallest absolute Gasteiger partial charge is 0.0726 e. The highest BCUT2D eigenvalue weighted by molar-refractivity contribution is 6.02. The summed E-state index contributed by atoms with van der Waals surface area (Å²) in [5, 5.41) is 2.45. The zero-order valence-corrected chi connectivity index (χ0v) is 43.9. The van der Waals surface area contributed by atoms with E-state index in [9.17, 15) is 0 Å². The third kappa shape index (κ3) is 7.79. The Morgan fingerprint density at radius 2 is 0.577 bits per heavy atom. The van der Waals surface area contributed by atoms with Crippen molar-refractivity contribution in [3.63, 3.8) is 0 Å². The highest BCUT2D eigenvalue weighted by Gasteiger charge is 2.52. The Kier molecular flexibility index (Phi) is 10.7. The van der Waals surface area contributed by atoms with Gasteiger partial charge in [-0.05, 0) is 184 Å². The summed E-state index contributed by atoms with van der Waals surface area (Å²) in [6.07, 6.45) is 0. The molecule has 2 heteroatoms. The first-order valence-electron chi connectivity index (χ1n) is 25.7. The van der Waals surface area contributed by atoms with Crippen molar-refractivity contribution in [3.05, 3.63) is 239 Å². The minimum Gasteiger partial charge on any atom is -0.310 e. The third-order valence-electron chi connectivity index (χ3n) is 15.5. The van der Waals surface area contributed by atoms with Crippen LogP contribution in [0.5, 0.6) is 0 Å². The molecule has 11 rings (SSSR count). The summed E-state index contributed by atoms with van der Waals surface area (Å²) in [4.78, 5) is 4.89. The van der Waals surface area contributed by atoms with E-state index in [-0.39, 0.29) is 21.7 Å². The van der Waals surface area contributed by atoms with Gasteiger partial charge in [-0.1, -0.05) is 192 Å². The van der Waals surface area contributed by atoms with Crippen molar-refractivity contribution in [1.82, 2.24) is 0 Å². The average molecular weight is 925 g/mol. The summed E-state index contributed by atoms with van der Waals surface area (Å²) >= 11 is 0. The zero-order valence-electron chi connectivity index (χ0n) is 43.9. The lowest BCUT2D eigenvalue weighted by molar-refractivity contribution is 0.590. The van der Waals surface area contributed by atoms with Crippen LogP contribution in [0, 0.1) is 0 Å². The molecule has 0 saturated carbocycles. The standard InChI is InChI=1S/C69H68N2/c1-65(2,3)47-22-31-51(32-23-47)70(52-33-24-48(25-34-52)66(4,5)6)55-30-21-45-42-60-59-40-39-56(71(53-35-26-49(27-36-53)67(7,8)9)54-37-28-50(29-38-54)68(10,11)12)44-64(59)69(63(60)43-46(45)41-55)61-19-15-13-17-57(61)58-18-14-16-20-62(58)69/h13-44H,1-12H3. The lowest BCUT2D eigenvalue weighted by Gasteiger charge is -2.32. The molecule has 9 aromatic rings. The van der Waals surface area contributed by atoms with E-state index in [1.54, 1.807) is 0 Å². The Morgan fingerprint density at radius 1 is 0.254 bits per heavy atom. The minimum atomic E-state index is -0.541. The summed E-state index contributed by atoms with van der Waals surface area (Å²) in [7, 11) is 0. The fraction of sp³-hybridized carbons (Fsp3) is 0.246. The Labute approximate surface area is 423 Å². The van der Waals surface area contributed by atoms with E-state index in [0.29, 0.717) is 0 Å². The van der Waals surface area contributed by atoms with E-state index in [2.05, 4.69) is 287 Å². The van der Waals surface area contributed by atoms with Gasteiger partial charge in [0, 0.05) is 34.1 Å². The number of benzene rings is 9. The molecular formula is C69H68N2. The van der Waals surface area contributed by atoms with Crippen molar-refractivity contribution in [3.8, 4) is 22.3 Å². The van der Waals surface area contributed by atoms with Gasteiger partial charge in [0.1, 0.15) is 0 Å². The van der Waals surface area contributed by atoms with Crippen molar-refractivity contribution in [2.45, 2.75) is 110 Å². The van der Waals surface area contributed by atoms with Crippen LogP contribution in [-0.4, -0.2) is 0 Å². The van der Waals surface area contributed by atoms with Crippen LogP contribution < -0.4 is 9.80 Å². The van der Waals surface area contributed by atoms with Gasteiger partial charge in [0.15, 0.2) is 0 Å². The first-order chi connectivity index (χ1) is 33.7. The van der Waals surface area contributed by atoms with Gasteiger partial charge in [0.05, 0.1) is 5.41 Å². The van der Waals surface area contributed by atoms with E-state index in [4.69, 9.17) is 0 Å². The normalized spacial score (nSPS) is 13.7. The molecule has 2 aliphatic carbocycles. The second-order valence-electron chi connectivity index (χ2n) is 24.4. The van der Waals surface area contributed by atoms with Crippen molar-refractivity contribution in [2.24, 2.45) is 0 Å². The molecule has 354 valence electrons. The first kappa shape index (κ1) is 46.2. The van der Waals surface area contributed by atoms with Gasteiger partial charge >= 0.3 is 0 Å². The molecule has 0 radical (unpaired) electrons. The molecule has 71 heavy (non-hydrogen) atoms. The van der Waals surface area contributed by atoms with Crippen LogP contribution in [0.4, 0.5) is 34.1 Å². The molecule has 0 saturated heterocycles. The number of anilines is 6. The van der Waals surface area contributed by atoms with Crippen LogP contribution in [0.3, 0.4) is 0 Å². The predicted octanol–water partition coefficient (Wildman–Crippen LogP) is 19.3. The molecule has 2 nitrogen and oxygen atoms in total. The largest absolute Gasteiger partial charge is 0.310 e. The maximum absolute atomic E-state index is 2.53. The van der Waals surface area contributed by atoms with Gasteiger partial charge in [-0.25, -0.2) is 0 Å². The number of fused-ring (bicyclic) bond motifs is 11. The van der Waals surface area contributed by atoms with E-state index in [0.717, 1.165) is 34.1 Å². The van der Waals surface area contributed by atoms with Crippen molar-refractivity contribution >= 4 is 44.9 Å². The highest BCUT2D eigenvalue weighted by Crippen LogP contribution is 2.64. The Balaban J connectivity index is 1.13. The van der Waals surface area contributed by atoms with Crippen LogP contribution in [-0.2, 0) is 27.1 Å². The number of hydrogen-bond acceptors (Lipinski definition) is 2. The highest BCUT2D eigenvalue weighted by atomic mass is 15.1. The SMILES string of the molecule is CC(C)(C)c1ccc(N(c2ccc(C(C)(C)C)cc2)c2ccc3c(c2)C2(c4ccccc4-c4ccccc42)c2cc4cc(N(c5ccc(C(C)(C)C)cc5)c5ccc(C(C)(C)C)cc5)ccc4cc2-3)cc1. The lowest BCUT2D eigenvalue weighted by atomic mass is 9.70. The Morgan fingerprint density at radius 3 is 0.972 bits per heavy atom. The van der Waals surface area contributed by atoms with Gasteiger partial charge in [-0.3, -0.25) is 0 Å². The molecule has 1 spiro atoms. The molecule has 0 bridgehead atoms. The van der Waals surface area contributed by atoms with Crippen LogP contribution in [0.25, 0.3) is 33.0 Å². The lowest BCUT2D eigenvalue weighted by Crippen LogP contribution is -2.26. The van der Waals surface area contributed by atoms with Gasteiger partial charge in [0.2, 0.25) is 0 Å². The summed E-state index contributed by atoms with van der Waals surface area (Å²) in [5.74, 6) is 0. The maximum Gasteiger partial charge on any atom is 0.0726 e. The van der Waals surface area contributed by atoms with E-state index < -0.39 is 5.41 Å². The third-order valence-corrected chi connectivity index (χ3v) is 15.5. The molecule has 0 heterocycles. The molecule has 0 fully saturated rings. The monoisotopic (exact) mass is 925 g/mol.